The highest BCUT2D eigenvalue weighted by molar-refractivity contribution is 6.05. The Bertz CT molecular complexity index is 2350. The average molecular weight is 905 g/mol. The van der Waals surface area contributed by atoms with E-state index in [1.807, 2.05) is 48.7 Å². The molecular weight excluding hydrogens is 845 g/mol. The number of anilines is 4. The molecule has 2 aromatic heterocycles. The number of nitrogens with zero attached hydrogens (tertiary/aromatic N) is 6. The topological polar surface area (TPSA) is 256 Å². The summed E-state index contributed by atoms with van der Waals surface area (Å²) in [6.07, 6.45) is 5.44. The number of aromatic nitrogens is 3. The van der Waals surface area contributed by atoms with Crippen molar-refractivity contribution in [3.63, 3.8) is 0 Å². The number of aliphatic carboxylic acids is 1. The number of carboxylic acids is 1. The van der Waals surface area contributed by atoms with Gasteiger partial charge in [-0.25, -0.2) is 9.78 Å². The van der Waals surface area contributed by atoms with Crippen LogP contribution in [-0.2, 0) is 21.0 Å². The van der Waals surface area contributed by atoms with Crippen molar-refractivity contribution in [1.82, 2.24) is 36.0 Å². The van der Waals surface area contributed by atoms with Gasteiger partial charge in [0.15, 0.2) is 5.82 Å². The maximum absolute atomic E-state index is 13.4. The van der Waals surface area contributed by atoms with Gasteiger partial charge in [0.2, 0.25) is 17.7 Å². The zero-order valence-electron chi connectivity index (χ0n) is 37.3. The van der Waals surface area contributed by atoms with Crippen molar-refractivity contribution in [1.29, 1.82) is 0 Å². The Morgan fingerprint density at radius 1 is 1.00 bits per heavy atom. The summed E-state index contributed by atoms with van der Waals surface area (Å²) in [5.74, 6) is -0.801. The average Bonchev–Trinajstić information content (AvgIpc) is 3.56. The molecule has 0 spiro atoms. The Labute approximate surface area is 384 Å². The lowest BCUT2D eigenvalue weighted by Crippen LogP contribution is -2.55. The molecule has 66 heavy (non-hydrogen) atoms. The lowest BCUT2D eigenvalue weighted by Gasteiger charge is -2.43. The summed E-state index contributed by atoms with van der Waals surface area (Å²) in [6.45, 7) is 8.65. The molecule has 2 aromatic carbocycles. The number of fused-ring (bicyclic) bond motifs is 2. The molecule has 4 amide bonds. The molecular formula is C47H60N12O7. The summed E-state index contributed by atoms with van der Waals surface area (Å²) in [5, 5.41) is 30.0. The number of urea groups is 1. The first-order valence-corrected chi connectivity index (χ1v) is 22.9. The lowest BCUT2D eigenvalue weighted by molar-refractivity contribution is -0.162. The van der Waals surface area contributed by atoms with Crippen molar-refractivity contribution in [2.45, 2.75) is 82.6 Å². The van der Waals surface area contributed by atoms with E-state index in [-0.39, 0.29) is 44.5 Å². The van der Waals surface area contributed by atoms with Crippen molar-refractivity contribution >= 4 is 46.7 Å². The zero-order valence-corrected chi connectivity index (χ0v) is 37.3. The predicted molar refractivity (Wildman–Crippen MR) is 249 cm³/mol. The largest absolute Gasteiger partial charge is 0.488 e. The Kier molecular flexibility index (Phi) is 14.3. The SMILES string of the molecule is C[C@@H]1CNCCN1CCOc1cc(N2C3CCC2CN(c2cc(-c4ccccc4OCc4ccc(NC(=O)[C@H](CCCNC(N)=O)NC(=O)C5(C(=O)O)CCC5)cc4)nnc2N)C3)ccn1. The van der Waals surface area contributed by atoms with E-state index in [9.17, 15) is 24.3 Å². The monoisotopic (exact) mass is 904 g/mol. The molecule has 4 aromatic rings. The highest BCUT2D eigenvalue weighted by atomic mass is 16.5. The summed E-state index contributed by atoms with van der Waals surface area (Å²) in [7, 11) is 0. The summed E-state index contributed by atoms with van der Waals surface area (Å²) in [5.41, 5.74) is 14.8. The van der Waals surface area contributed by atoms with E-state index in [4.69, 9.17) is 20.9 Å². The molecule has 2 unspecified atom stereocenters. The Hall–Kier alpha value is -6.73. The smallest absolute Gasteiger partial charge is 0.319 e. The van der Waals surface area contributed by atoms with Crippen LogP contribution < -0.4 is 52.0 Å². The minimum Gasteiger partial charge on any atom is -0.488 e. The second-order valence-corrected chi connectivity index (χ2v) is 17.7. The van der Waals surface area contributed by atoms with E-state index in [1.54, 1.807) is 12.1 Å². The normalized spacial score (nSPS) is 20.4. The number of hydrogen-bond acceptors (Lipinski definition) is 14. The van der Waals surface area contributed by atoms with E-state index in [2.05, 4.69) is 70.2 Å². The van der Waals surface area contributed by atoms with Crippen LogP contribution in [0.15, 0.2) is 72.9 Å². The number of hydrogen-bond donors (Lipinski definition) is 7. The van der Waals surface area contributed by atoms with Crippen molar-refractivity contribution in [2.24, 2.45) is 11.1 Å². The number of para-hydroxylation sites is 1. The minimum atomic E-state index is -1.55. The van der Waals surface area contributed by atoms with Gasteiger partial charge < -0.3 is 57.1 Å². The van der Waals surface area contributed by atoms with Gasteiger partial charge in [-0.15, -0.1) is 10.2 Å². The van der Waals surface area contributed by atoms with Gasteiger partial charge >= 0.3 is 12.0 Å². The van der Waals surface area contributed by atoms with Crippen molar-refractivity contribution in [3.05, 3.63) is 78.5 Å². The molecule has 1 saturated carbocycles. The first-order chi connectivity index (χ1) is 32.0. The number of carboxylic acid groups (broad SMARTS) is 1. The number of amides is 4. The maximum Gasteiger partial charge on any atom is 0.319 e. The molecule has 350 valence electrons. The molecule has 5 heterocycles. The first-order valence-electron chi connectivity index (χ1n) is 22.9. The number of ether oxygens (including phenoxy) is 2. The van der Waals surface area contributed by atoms with Gasteiger partial charge in [0, 0.05) is 93.1 Å². The molecule has 1 aliphatic carbocycles. The molecule has 3 aliphatic heterocycles. The number of benzene rings is 2. The second kappa shape index (κ2) is 20.6. The molecule has 8 rings (SSSR count). The summed E-state index contributed by atoms with van der Waals surface area (Å²) in [4.78, 5) is 61.5. The number of primary amides is 1. The van der Waals surface area contributed by atoms with E-state index in [0.29, 0.717) is 54.3 Å². The number of nitrogens with one attached hydrogen (secondary N) is 4. The fraction of sp³-hybridized carbons (Fsp3) is 0.468. The fourth-order valence-electron chi connectivity index (χ4n) is 9.45. The van der Waals surface area contributed by atoms with E-state index >= 15 is 0 Å². The van der Waals surface area contributed by atoms with Crippen LogP contribution >= 0.6 is 0 Å². The van der Waals surface area contributed by atoms with Gasteiger partial charge in [-0.3, -0.25) is 19.3 Å². The van der Waals surface area contributed by atoms with Crippen LogP contribution in [0.4, 0.5) is 27.7 Å². The summed E-state index contributed by atoms with van der Waals surface area (Å²) >= 11 is 0. The van der Waals surface area contributed by atoms with Gasteiger partial charge in [-0.05, 0) is 87.4 Å². The van der Waals surface area contributed by atoms with E-state index in [0.717, 1.165) is 74.6 Å². The quantitative estimate of drug-likeness (QED) is 0.0526. The number of rotatable bonds is 19. The van der Waals surface area contributed by atoms with Gasteiger partial charge in [-0.2, -0.15) is 0 Å². The van der Waals surface area contributed by atoms with Crippen LogP contribution in [0.3, 0.4) is 0 Å². The Morgan fingerprint density at radius 2 is 1.77 bits per heavy atom. The third-order valence-corrected chi connectivity index (χ3v) is 13.3. The van der Waals surface area contributed by atoms with E-state index in [1.165, 1.54) is 0 Å². The molecule has 2 bridgehead atoms. The number of piperazine rings is 2. The van der Waals surface area contributed by atoms with Crippen LogP contribution in [0.2, 0.25) is 0 Å². The highest BCUT2D eigenvalue weighted by Gasteiger charge is 2.52. The summed E-state index contributed by atoms with van der Waals surface area (Å²) < 4.78 is 12.5. The third kappa shape index (κ3) is 10.5. The number of carbonyl (C=O) groups is 4. The van der Waals surface area contributed by atoms with Crippen LogP contribution in [-0.4, -0.2) is 126 Å². The standard InChI is InChI=1S/C47H60N12O7/c1-30-26-50-20-21-57(30)22-23-65-41-24-33(15-19-51-41)59-34-13-14-35(59)28-58(27-34)39-25-38(55-56-42(39)48)36-6-2-3-8-40(36)66-29-31-9-11-32(12-10-31)53-43(60)37(7-4-18-52-46(49)64)54-44(61)47(45(62)63)16-5-17-47/h2-3,6,8-12,15,19,24-25,30,34-35,37,50H,4-5,7,13-14,16-18,20-23,26-29H2,1H3,(H2,48,56)(H,53,60)(H,54,61)(H,62,63)(H3,49,52,64)/t30-,34?,35?,37+/m1/s1. The molecule has 4 fully saturated rings. The van der Waals surface area contributed by atoms with Crippen LogP contribution in [0.1, 0.15) is 57.4 Å². The fourth-order valence-corrected chi connectivity index (χ4v) is 9.45. The van der Waals surface area contributed by atoms with Crippen molar-refractivity contribution in [3.8, 4) is 22.9 Å². The lowest BCUT2D eigenvalue weighted by atomic mass is 9.68. The number of carbonyl (C=O) groups excluding carboxylic acids is 3. The molecule has 3 saturated heterocycles. The molecule has 0 radical (unpaired) electrons. The zero-order chi connectivity index (χ0) is 46.2. The van der Waals surface area contributed by atoms with Crippen molar-refractivity contribution < 1.29 is 33.8 Å². The van der Waals surface area contributed by atoms with Gasteiger partial charge in [-0.1, -0.05) is 30.7 Å². The Balaban J connectivity index is 0.879. The first kappa shape index (κ1) is 45.8. The molecule has 9 N–H and O–H groups in total. The maximum atomic E-state index is 13.4. The minimum absolute atomic E-state index is 0.150. The second-order valence-electron chi connectivity index (χ2n) is 17.7. The highest BCUT2D eigenvalue weighted by Crippen LogP contribution is 2.42. The molecule has 19 heteroatoms. The van der Waals surface area contributed by atoms with Crippen LogP contribution in [0.25, 0.3) is 11.3 Å². The predicted octanol–water partition coefficient (Wildman–Crippen LogP) is 3.36. The molecule has 4 atom stereocenters. The van der Waals surface area contributed by atoms with Crippen LogP contribution in [0, 0.1) is 5.41 Å². The summed E-state index contributed by atoms with van der Waals surface area (Å²) in [6, 6.07) is 20.1. The van der Waals surface area contributed by atoms with Gasteiger partial charge in [0.1, 0.15) is 30.4 Å². The number of nitrogens with two attached hydrogens (primary N) is 2. The molecule has 4 aliphatic rings. The third-order valence-electron chi connectivity index (χ3n) is 13.3. The van der Waals surface area contributed by atoms with Crippen molar-refractivity contribution in [2.75, 3.05) is 73.3 Å². The van der Waals surface area contributed by atoms with Crippen LogP contribution in [0.5, 0.6) is 11.6 Å². The number of nitrogen functional groups attached to an aromatic ring is 1. The molecule has 19 nitrogen and oxygen atoms in total. The Morgan fingerprint density at radius 3 is 2.48 bits per heavy atom. The van der Waals surface area contributed by atoms with Gasteiger partial charge in [0.05, 0.1) is 11.4 Å². The van der Waals surface area contributed by atoms with E-state index < -0.39 is 35.3 Å². The van der Waals surface area contributed by atoms with Gasteiger partial charge in [0.25, 0.3) is 0 Å². The number of pyridine rings is 1.